The maximum Gasteiger partial charge on any atom is 0.323 e. The van der Waals surface area contributed by atoms with Crippen molar-refractivity contribution in [1.29, 1.82) is 0 Å². The van der Waals surface area contributed by atoms with Crippen molar-refractivity contribution in [2.45, 2.75) is 0 Å². The van der Waals surface area contributed by atoms with Crippen molar-refractivity contribution in [3.05, 3.63) is 60.7 Å². The lowest BCUT2D eigenvalue weighted by atomic mass is 10.1. The number of hydrogen-bond acceptors (Lipinski definition) is 5. The fraction of sp³-hybridized carbons (Fsp3) is 0.130. The second-order valence-corrected chi connectivity index (χ2v) is 6.80. The molecule has 0 atom stereocenters. The average molecular weight is 436 g/mol. The first-order valence-corrected chi connectivity index (χ1v) is 9.63. The van der Waals surface area contributed by atoms with Crippen LogP contribution in [0.1, 0.15) is 0 Å². The molecule has 2 aromatic carbocycles. The van der Waals surface area contributed by atoms with Gasteiger partial charge in [-0.1, -0.05) is 0 Å². The lowest BCUT2D eigenvalue weighted by molar-refractivity contribution is 0.262. The number of hydrogen-bond donors (Lipinski definition) is 3. The molecule has 2 amide bonds. The Morgan fingerprint density at radius 3 is 2.38 bits per heavy atom. The molecule has 0 fully saturated rings. The highest BCUT2D eigenvalue weighted by atomic mass is 19.1. The Kier molecular flexibility index (Phi) is 5.80. The number of benzene rings is 2. The van der Waals surface area contributed by atoms with Gasteiger partial charge in [-0.2, -0.15) is 0 Å². The largest absolute Gasteiger partial charge is 0.493 e. The van der Waals surface area contributed by atoms with Crippen LogP contribution in [0.15, 0.2) is 54.9 Å². The summed E-state index contributed by atoms with van der Waals surface area (Å²) in [5, 5.41) is 6.10. The van der Waals surface area contributed by atoms with E-state index in [1.54, 1.807) is 36.7 Å². The minimum absolute atomic E-state index is 0.396. The second-order valence-electron chi connectivity index (χ2n) is 6.80. The predicted octanol–water partition coefficient (Wildman–Crippen LogP) is 5.04. The van der Waals surface area contributed by atoms with Crippen molar-refractivity contribution in [3.8, 4) is 28.5 Å². The zero-order valence-corrected chi connectivity index (χ0v) is 17.7. The van der Waals surface area contributed by atoms with Crippen LogP contribution in [0.25, 0.3) is 22.2 Å². The quantitative estimate of drug-likeness (QED) is 0.393. The number of aromatic nitrogens is 2. The molecule has 164 valence electrons. The molecule has 0 aliphatic rings. The van der Waals surface area contributed by atoms with Gasteiger partial charge in [0.05, 0.1) is 38.4 Å². The van der Waals surface area contributed by atoms with Crippen molar-refractivity contribution in [2.24, 2.45) is 0 Å². The minimum atomic E-state index is -0.533. The van der Waals surface area contributed by atoms with Gasteiger partial charge in [-0.3, -0.25) is 4.98 Å². The Morgan fingerprint density at radius 1 is 1.00 bits per heavy atom. The second kappa shape index (κ2) is 8.84. The van der Waals surface area contributed by atoms with Gasteiger partial charge < -0.3 is 29.8 Å². The molecule has 0 spiro atoms. The molecule has 9 heteroatoms. The molecule has 0 saturated carbocycles. The molecule has 2 aromatic heterocycles. The van der Waals surface area contributed by atoms with E-state index in [0.29, 0.717) is 45.2 Å². The summed E-state index contributed by atoms with van der Waals surface area (Å²) in [5.41, 5.74) is 2.88. The number of H-pyrrole nitrogens is 1. The molecule has 32 heavy (non-hydrogen) atoms. The van der Waals surface area contributed by atoms with E-state index >= 15 is 0 Å². The van der Waals surface area contributed by atoms with E-state index in [9.17, 15) is 9.18 Å². The zero-order chi connectivity index (χ0) is 22.7. The van der Waals surface area contributed by atoms with E-state index in [-0.39, 0.29) is 0 Å². The van der Waals surface area contributed by atoms with Gasteiger partial charge in [0, 0.05) is 41.0 Å². The Bertz CT molecular complexity index is 1250. The molecule has 0 radical (unpaired) electrons. The van der Waals surface area contributed by atoms with E-state index in [2.05, 4.69) is 20.6 Å². The van der Waals surface area contributed by atoms with E-state index in [0.717, 1.165) is 5.56 Å². The minimum Gasteiger partial charge on any atom is -0.493 e. The first-order valence-electron chi connectivity index (χ1n) is 9.63. The number of amides is 2. The number of carbonyl (C=O) groups is 1. The number of halogens is 1. The third kappa shape index (κ3) is 4.00. The number of aromatic amines is 1. The molecule has 4 aromatic rings. The van der Waals surface area contributed by atoms with E-state index in [4.69, 9.17) is 14.2 Å². The zero-order valence-electron chi connectivity index (χ0n) is 17.7. The number of rotatable bonds is 6. The van der Waals surface area contributed by atoms with E-state index in [1.165, 1.54) is 33.5 Å². The number of pyridine rings is 1. The van der Waals surface area contributed by atoms with Crippen LogP contribution in [0.5, 0.6) is 17.2 Å². The number of fused-ring (bicyclic) bond motifs is 1. The van der Waals surface area contributed by atoms with Crippen LogP contribution < -0.4 is 24.8 Å². The Morgan fingerprint density at radius 2 is 1.75 bits per heavy atom. The van der Waals surface area contributed by atoms with Crippen molar-refractivity contribution >= 4 is 28.3 Å². The fourth-order valence-electron chi connectivity index (χ4n) is 3.45. The highest BCUT2D eigenvalue weighted by Crippen LogP contribution is 2.40. The maximum atomic E-state index is 14.0. The summed E-state index contributed by atoms with van der Waals surface area (Å²) >= 11 is 0. The Balaban J connectivity index is 1.69. The van der Waals surface area contributed by atoms with Crippen LogP contribution in [-0.4, -0.2) is 37.3 Å². The summed E-state index contributed by atoms with van der Waals surface area (Å²) < 4.78 is 29.9. The third-order valence-corrected chi connectivity index (χ3v) is 4.87. The topological polar surface area (TPSA) is 97.5 Å². The highest BCUT2D eigenvalue weighted by Gasteiger charge is 2.18. The third-order valence-electron chi connectivity index (χ3n) is 4.87. The summed E-state index contributed by atoms with van der Waals surface area (Å²) in [6.07, 6.45) is 3.30. The summed E-state index contributed by atoms with van der Waals surface area (Å²) in [7, 11) is 4.47. The number of carbonyl (C=O) groups excluding carboxylic acids is 1. The molecular formula is C23H21FN4O4. The van der Waals surface area contributed by atoms with Crippen LogP contribution in [-0.2, 0) is 0 Å². The van der Waals surface area contributed by atoms with Gasteiger partial charge in [0.1, 0.15) is 5.82 Å². The molecule has 0 bridgehead atoms. The molecule has 2 heterocycles. The fourth-order valence-corrected chi connectivity index (χ4v) is 3.45. The predicted molar refractivity (Wildman–Crippen MR) is 120 cm³/mol. The number of ether oxygens (including phenoxy) is 3. The van der Waals surface area contributed by atoms with Crippen LogP contribution in [0.2, 0.25) is 0 Å². The van der Waals surface area contributed by atoms with Gasteiger partial charge in [-0.15, -0.1) is 0 Å². The molecule has 0 saturated heterocycles. The Hall–Kier alpha value is -4.27. The van der Waals surface area contributed by atoms with Crippen molar-refractivity contribution in [2.75, 3.05) is 32.0 Å². The van der Waals surface area contributed by atoms with Crippen molar-refractivity contribution < 1.29 is 23.4 Å². The number of methoxy groups -OCH3 is 3. The molecule has 3 N–H and O–H groups in total. The molecular weight excluding hydrogens is 415 g/mol. The number of anilines is 2. The van der Waals surface area contributed by atoms with Gasteiger partial charge in [0.2, 0.25) is 5.75 Å². The smallest absolute Gasteiger partial charge is 0.323 e. The van der Waals surface area contributed by atoms with E-state index < -0.39 is 11.8 Å². The highest BCUT2D eigenvalue weighted by molar-refractivity contribution is 6.10. The first-order chi connectivity index (χ1) is 15.5. The molecule has 0 aliphatic carbocycles. The number of urea groups is 1. The Labute approximate surface area is 183 Å². The van der Waals surface area contributed by atoms with Crippen LogP contribution in [0.4, 0.5) is 20.6 Å². The van der Waals surface area contributed by atoms with Gasteiger partial charge in [0.25, 0.3) is 0 Å². The van der Waals surface area contributed by atoms with Crippen molar-refractivity contribution in [3.63, 3.8) is 0 Å². The molecule has 0 aliphatic heterocycles. The standard InChI is InChI=1S/C23H21FN4O4/c1-30-18-10-15(11-19(31-2)22(18)32-3)26-23(29)28-21-16-9-14(24)6-7-17(16)27-20(21)13-5-4-8-25-12-13/h4-12,27H,1-3H3,(H2,26,28,29). The van der Waals surface area contributed by atoms with Gasteiger partial charge in [-0.05, 0) is 30.3 Å². The van der Waals surface area contributed by atoms with Gasteiger partial charge >= 0.3 is 6.03 Å². The van der Waals surface area contributed by atoms with Crippen LogP contribution >= 0.6 is 0 Å². The normalized spacial score (nSPS) is 10.6. The van der Waals surface area contributed by atoms with E-state index in [1.807, 2.05) is 6.07 Å². The average Bonchev–Trinajstić information content (AvgIpc) is 3.16. The molecule has 8 nitrogen and oxygen atoms in total. The molecule has 4 rings (SSSR count). The SMILES string of the molecule is COc1cc(NC(=O)Nc2c(-c3cccnc3)[nH]c3ccc(F)cc23)cc(OC)c1OC. The maximum absolute atomic E-state index is 14.0. The van der Waals surface area contributed by atoms with Crippen LogP contribution in [0.3, 0.4) is 0 Å². The molecule has 0 unspecified atom stereocenters. The van der Waals surface area contributed by atoms with Crippen LogP contribution in [0, 0.1) is 5.82 Å². The first kappa shape index (κ1) is 21.0. The van der Waals surface area contributed by atoms with Gasteiger partial charge in [0.15, 0.2) is 11.5 Å². The van der Waals surface area contributed by atoms with Crippen molar-refractivity contribution in [1.82, 2.24) is 9.97 Å². The summed E-state index contributed by atoms with van der Waals surface area (Å²) in [4.78, 5) is 20.2. The number of nitrogens with one attached hydrogen (secondary N) is 3. The lowest BCUT2D eigenvalue weighted by Crippen LogP contribution is -2.19. The summed E-state index contributed by atoms with van der Waals surface area (Å²) in [6, 6.07) is 10.6. The monoisotopic (exact) mass is 436 g/mol. The van der Waals surface area contributed by atoms with Gasteiger partial charge in [-0.25, -0.2) is 9.18 Å². The summed E-state index contributed by atoms with van der Waals surface area (Å²) in [6.45, 7) is 0. The summed E-state index contributed by atoms with van der Waals surface area (Å²) in [5.74, 6) is 0.786. The number of nitrogens with zero attached hydrogens (tertiary/aromatic N) is 1. The lowest BCUT2D eigenvalue weighted by Gasteiger charge is -2.15.